The van der Waals surface area contributed by atoms with Crippen molar-refractivity contribution in [2.24, 2.45) is 0 Å². The Labute approximate surface area is 124 Å². The monoisotopic (exact) mass is 311 g/mol. The van der Waals surface area contributed by atoms with Crippen LogP contribution < -0.4 is 15.4 Å². The normalized spacial score (nSPS) is 10.9. The molecule has 0 saturated carbocycles. The minimum atomic E-state index is -4.38. The second-order valence-electron chi connectivity index (χ2n) is 4.21. The van der Waals surface area contributed by atoms with Crippen molar-refractivity contribution in [1.82, 2.24) is 10.3 Å². The number of alkyl halides is 3. The lowest BCUT2D eigenvalue weighted by atomic mass is 10.2. The zero-order valence-electron chi connectivity index (χ0n) is 11.4. The Morgan fingerprint density at radius 3 is 2.32 bits per heavy atom. The maximum absolute atomic E-state index is 12.4. The van der Waals surface area contributed by atoms with Gasteiger partial charge in [0, 0.05) is 13.1 Å². The molecule has 0 atom stereocenters. The van der Waals surface area contributed by atoms with E-state index in [1.165, 1.54) is 31.4 Å². The number of hydrogen-bond acceptors (Lipinski definition) is 3. The second kappa shape index (κ2) is 6.33. The average molecular weight is 311 g/mol. The van der Waals surface area contributed by atoms with Crippen LogP contribution in [0.25, 0.3) is 0 Å². The van der Waals surface area contributed by atoms with Crippen LogP contribution in [0.15, 0.2) is 42.6 Å². The van der Waals surface area contributed by atoms with E-state index in [2.05, 4.69) is 15.6 Å². The number of pyridine rings is 1. The molecule has 22 heavy (non-hydrogen) atoms. The number of urea groups is 1. The molecule has 2 aromatic rings. The molecule has 2 amide bonds. The summed E-state index contributed by atoms with van der Waals surface area (Å²) in [6.07, 6.45) is -3.02. The molecule has 1 heterocycles. The number of rotatable bonds is 3. The van der Waals surface area contributed by atoms with Crippen molar-refractivity contribution in [3.05, 3.63) is 48.2 Å². The van der Waals surface area contributed by atoms with Crippen LogP contribution in [0.1, 0.15) is 5.56 Å². The number of carbonyl (C=O) groups excluding carboxylic acids is 1. The molecule has 0 aliphatic heterocycles. The molecule has 0 aliphatic carbocycles. The molecule has 2 rings (SSSR count). The van der Waals surface area contributed by atoms with Gasteiger partial charge < -0.3 is 15.4 Å². The molecule has 0 fully saturated rings. The fourth-order valence-corrected chi connectivity index (χ4v) is 1.54. The summed E-state index contributed by atoms with van der Waals surface area (Å²) >= 11 is 0. The van der Waals surface area contributed by atoms with Crippen LogP contribution in [0, 0.1) is 0 Å². The molecule has 8 heteroatoms. The van der Waals surface area contributed by atoms with Crippen LogP contribution in [0.5, 0.6) is 11.6 Å². The molecule has 1 aromatic heterocycles. The van der Waals surface area contributed by atoms with E-state index in [1.54, 1.807) is 6.07 Å². The zero-order chi connectivity index (χ0) is 16.2. The number of hydrogen-bond donors (Lipinski definition) is 2. The number of amides is 2. The van der Waals surface area contributed by atoms with Crippen LogP contribution in [-0.4, -0.2) is 18.1 Å². The number of nitrogens with zero attached hydrogens (tertiary/aromatic N) is 1. The van der Waals surface area contributed by atoms with Crippen molar-refractivity contribution in [2.75, 3.05) is 12.4 Å². The van der Waals surface area contributed by atoms with Gasteiger partial charge in [0.15, 0.2) is 0 Å². The summed E-state index contributed by atoms with van der Waals surface area (Å²) in [6, 6.07) is 6.93. The first kappa shape index (κ1) is 15.6. The van der Waals surface area contributed by atoms with E-state index in [1.807, 2.05) is 0 Å². The van der Waals surface area contributed by atoms with Gasteiger partial charge in [0.05, 0.1) is 17.4 Å². The zero-order valence-corrected chi connectivity index (χ0v) is 11.4. The molecule has 0 saturated heterocycles. The average Bonchev–Trinajstić information content (AvgIpc) is 2.49. The Balaban J connectivity index is 2.03. The van der Waals surface area contributed by atoms with Crippen LogP contribution in [0.2, 0.25) is 0 Å². The number of ether oxygens (including phenoxy) is 1. The number of nitrogens with one attached hydrogen (secondary N) is 2. The second-order valence-corrected chi connectivity index (χ2v) is 4.21. The van der Waals surface area contributed by atoms with Gasteiger partial charge in [-0.05, 0) is 30.3 Å². The third-order valence-corrected chi connectivity index (χ3v) is 2.63. The fourth-order valence-electron chi connectivity index (χ4n) is 1.54. The Hall–Kier alpha value is -2.77. The highest BCUT2D eigenvalue weighted by molar-refractivity contribution is 5.88. The van der Waals surface area contributed by atoms with Gasteiger partial charge in [-0.15, -0.1) is 0 Å². The summed E-state index contributed by atoms with van der Waals surface area (Å²) in [4.78, 5) is 15.0. The van der Waals surface area contributed by atoms with Gasteiger partial charge in [-0.2, -0.15) is 13.2 Å². The van der Waals surface area contributed by atoms with Crippen molar-refractivity contribution >= 4 is 11.7 Å². The lowest BCUT2D eigenvalue weighted by Gasteiger charge is -2.09. The highest BCUT2D eigenvalue weighted by atomic mass is 19.4. The Morgan fingerprint density at radius 1 is 1.14 bits per heavy atom. The number of anilines is 1. The quantitative estimate of drug-likeness (QED) is 0.909. The molecule has 2 N–H and O–H groups in total. The number of aromatic nitrogens is 1. The molecular formula is C14H12F3N3O2. The van der Waals surface area contributed by atoms with Crippen molar-refractivity contribution < 1.29 is 22.7 Å². The molecule has 0 radical (unpaired) electrons. The Bertz CT molecular complexity index is 640. The van der Waals surface area contributed by atoms with E-state index >= 15 is 0 Å². The first-order valence-corrected chi connectivity index (χ1v) is 6.18. The standard InChI is InChI=1S/C14H12F3N3O2/c1-18-13(21)20-10-4-7-12(19-8-10)22-11-5-2-9(3-6-11)14(15,16)17/h2-8H,1H3,(H2,18,20,21). The molecule has 0 aliphatic rings. The fraction of sp³-hybridized carbons (Fsp3) is 0.143. The molecule has 1 aromatic carbocycles. The Kier molecular flexibility index (Phi) is 4.50. The van der Waals surface area contributed by atoms with Crippen LogP contribution in [-0.2, 0) is 6.18 Å². The van der Waals surface area contributed by atoms with Gasteiger partial charge in [-0.1, -0.05) is 0 Å². The van der Waals surface area contributed by atoms with Crippen LogP contribution in [0.3, 0.4) is 0 Å². The molecule has 5 nitrogen and oxygen atoms in total. The summed E-state index contributed by atoms with van der Waals surface area (Å²) in [5, 5.41) is 4.90. The lowest BCUT2D eigenvalue weighted by Crippen LogP contribution is -2.24. The van der Waals surface area contributed by atoms with E-state index in [-0.39, 0.29) is 11.6 Å². The Morgan fingerprint density at radius 2 is 1.82 bits per heavy atom. The summed E-state index contributed by atoms with van der Waals surface area (Å²) in [5.41, 5.74) is -0.294. The topological polar surface area (TPSA) is 63.2 Å². The van der Waals surface area contributed by atoms with Crippen molar-refractivity contribution in [3.8, 4) is 11.6 Å². The summed E-state index contributed by atoms with van der Waals surface area (Å²) < 4.78 is 42.6. The highest BCUT2D eigenvalue weighted by Gasteiger charge is 2.30. The lowest BCUT2D eigenvalue weighted by molar-refractivity contribution is -0.137. The van der Waals surface area contributed by atoms with Crippen LogP contribution in [0.4, 0.5) is 23.7 Å². The molecular weight excluding hydrogens is 299 g/mol. The molecule has 0 bridgehead atoms. The van der Waals surface area contributed by atoms with E-state index in [0.29, 0.717) is 5.69 Å². The van der Waals surface area contributed by atoms with E-state index < -0.39 is 17.8 Å². The third-order valence-electron chi connectivity index (χ3n) is 2.63. The first-order valence-electron chi connectivity index (χ1n) is 6.18. The van der Waals surface area contributed by atoms with Gasteiger partial charge >= 0.3 is 12.2 Å². The predicted molar refractivity (Wildman–Crippen MR) is 73.8 cm³/mol. The largest absolute Gasteiger partial charge is 0.439 e. The maximum atomic E-state index is 12.4. The van der Waals surface area contributed by atoms with Crippen molar-refractivity contribution in [3.63, 3.8) is 0 Å². The summed E-state index contributed by atoms with van der Waals surface area (Å²) in [6.45, 7) is 0. The maximum Gasteiger partial charge on any atom is 0.416 e. The van der Waals surface area contributed by atoms with Gasteiger partial charge in [-0.25, -0.2) is 9.78 Å². The molecule has 116 valence electrons. The predicted octanol–water partition coefficient (Wildman–Crippen LogP) is 3.64. The smallest absolute Gasteiger partial charge is 0.416 e. The molecule has 0 spiro atoms. The van der Waals surface area contributed by atoms with Gasteiger partial charge in [0.25, 0.3) is 0 Å². The summed E-state index contributed by atoms with van der Waals surface area (Å²) in [7, 11) is 1.48. The van der Waals surface area contributed by atoms with Gasteiger partial charge in [-0.3, -0.25) is 0 Å². The number of carbonyl (C=O) groups is 1. The SMILES string of the molecule is CNC(=O)Nc1ccc(Oc2ccc(C(F)(F)F)cc2)nc1. The highest BCUT2D eigenvalue weighted by Crippen LogP contribution is 2.31. The van der Waals surface area contributed by atoms with Crippen LogP contribution >= 0.6 is 0 Å². The third kappa shape index (κ3) is 4.11. The minimum absolute atomic E-state index is 0.196. The van der Waals surface area contributed by atoms with E-state index in [4.69, 9.17) is 4.74 Å². The van der Waals surface area contributed by atoms with E-state index in [0.717, 1.165) is 12.1 Å². The van der Waals surface area contributed by atoms with Crippen molar-refractivity contribution in [2.45, 2.75) is 6.18 Å². The molecule has 0 unspecified atom stereocenters. The van der Waals surface area contributed by atoms with E-state index in [9.17, 15) is 18.0 Å². The summed E-state index contributed by atoms with van der Waals surface area (Å²) in [5.74, 6) is 0.426. The number of benzene rings is 1. The number of halogens is 3. The van der Waals surface area contributed by atoms with Gasteiger partial charge in [0.1, 0.15) is 5.75 Å². The van der Waals surface area contributed by atoms with Gasteiger partial charge in [0.2, 0.25) is 5.88 Å². The first-order chi connectivity index (χ1) is 10.4. The van der Waals surface area contributed by atoms with Crippen molar-refractivity contribution in [1.29, 1.82) is 0 Å². The minimum Gasteiger partial charge on any atom is -0.439 e.